The van der Waals surface area contributed by atoms with Crippen molar-refractivity contribution >= 4 is 27.8 Å². The number of nitrogens with zero attached hydrogens (tertiary/aromatic N) is 3. The molecule has 0 fully saturated rings. The minimum Gasteiger partial charge on any atom is -0.391 e. The number of aromatic nitrogens is 1. The zero-order valence-electron chi connectivity index (χ0n) is 11.8. The average Bonchev–Trinajstić information content (AvgIpc) is 2.91. The van der Waals surface area contributed by atoms with Crippen LogP contribution in [0, 0.1) is 0 Å². The molecular formula is C15H19N3OS. The summed E-state index contributed by atoms with van der Waals surface area (Å²) in [7, 11) is 2.12. The standard InChI is InChI=1S/C15H19N3OS/c1-3-11-14(10-19)20-15(16-11)18-9-8-17(2)12-6-4-5-7-13(12)18/h4-7,19H,3,8-10H2,1-2H3. The van der Waals surface area contributed by atoms with Gasteiger partial charge in [-0.1, -0.05) is 30.4 Å². The van der Waals surface area contributed by atoms with Crippen molar-refractivity contribution in [1.29, 1.82) is 0 Å². The summed E-state index contributed by atoms with van der Waals surface area (Å²) >= 11 is 1.60. The Labute approximate surface area is 123 Å². The zero-order chi connectivity index (χ0) is 14.1. The Morgan fingerprint density at radius 1 is 1.25 bits per heavy atom. The van der Waals surface area contributed by atoms with Crippen LogP contribution in [0.4, 0.5) is 16.5 Å². The summed E-state index contributed by atoms with van der Waals surface area (Å²) in [5.41, 5.74) is 3.45. The van der Waals surface area contributed by atoms with Crippen molar-refractivity contribution in [2.75, 3.05) is 29.9 Å². The van der Waals surface area contributed by atoms with E-state index in [9.17, 15) is 5.11 Å². The van der Waals surface area contributed by atoms with Crippen molar-refractivity contribution in [2.45, 2.75) is 20.0 Å². The van der Waals surface area contributed by atoms with Crippen LogP contribution < -0.4 is 9.80 Å². The maximum atomic E-state index is 9.44. The fourth-order valence-corrected chi connectivity index (χ4v) is 3.64. The van der Waals surface area contributed by atoms with Crippen LogP contribution in [-0.4, -0.2) is 30.2 Å². The molecule has 0 bridgehead atoms. The molecule has 0 amide bonds. The number of aliphatic hydroxyl groups is 1. The van der Waals surface area contributed by atoms with Crippen LogP contribution in [0.25, 0.3) is 0 Å². The van der Waals surface area contributed by atoms with Crippen LogP contribution in [0.3, 0.4) is 0 Å². The first-order valence-corrected chi connectivity index (χ1v) is 7.73. The summed E-state index contributed by atoms with van der Waals surface area (Å²) in [6, 6.07) is 8.41. The number of anilines is 3. The highest BCUT2D eigenvalue weighted by Crippen LogP contribution is 2.39. The van der Waals surface area contributed by atoms with Gasteiger partial charge in [-0.2, -0.15) is 0 Å². The molecule has 4 nitrogen and oxygen atoms in total. The molecule has 0 saturated carbocycles. The highest BCUT2D eigenvalue weighted by molar-refractivity contribution is 7.15. The van der Waals surface area contributed by atoms with Crippen LogP contribution in [-0.2, 0) is 13.0 Å². The fraction of sp³-hybridized carbons (Fsp3) is 0.400. The normalized spacial score (nSPS) is 14.6. The Hall–Kier alpha value is -1.59. The van der Waals surface area contributed by atoms with Crippen LogP contribution in [0.15, 0.2) is 24.3 Å². The number of hydrogen-bond acceptors (Lipinski definition) is 5. The molecule has 1 aromatic carbocycles. The van der Waals surface area contributed by atoms with E-state index in [4.69, 9.17) is 4.98 Å². The minimum absolute atomic E-state index is 0.0796. The van der Waals surface area contributed by atoms with Gasteiger partial charge in [-0.3, -0.25) is 0 Å². The molecule has 20 heavy (non-hydrogen) atoms. The molecule has 2 aromatic rings. The third-order valence-corrected chi connectivity index (χ3v) is 4.82. The van der Waals surface area contributed by atoms with Crippen LogP contribution in [0.5, 0.6) is 0 Å². The lowest BCUT2D eigenvalue weighted by Crippen LogP contribution is -2.36. The van der Waals surface area contributed by atoms with Gasteiger partial charge in [0.1, 0.15) is 0 Å². The molecule has 0 spiro atoms. The molecule has 0 unspecified atom stereocenters. The largest absolute Gasteiger partial charge is 0.391 e. The third-order valence-electron chi connectivity index (χ3n) is 3.72. The van der Waals surface area contributed by atoms with Gasteiger partial charge in [0.2, 0.25) is 0 Å². The molecule has 2 heterocycles. The number of aryl methyl sites for hydroxylation is 1. The van der Waals surface area contributed by atoms with Gasteiger partial charge in [-0.15, -0.1) is 0 Å². The minimum atomic E-state index is 0.0796. The molecule has 0 saturated heterocycles. The summed E-state index contributed by atoms with van der Waals surface area (Å²) in [4.78, 5) is 10.2. The molecule has 1 aromatic heterocycles. The van der Waals surface area contributed by atoms with Crippen LogP contribution >= 0.6 is 11.3 Å². The molecule has 1 aliphatic rings. The Morgan fingerprint density at radius 2 is 2.00 bits per heavy atom. The molecule has 5 heteroatoms. The van der Waals surface area contributed by atoms with E-state index in [0.29, 0.717) is 0 Å². The van der Waals surface area contributed by atoms with E-state index in [1.165, 1.54) is 11.4 Å². The Bertz CT molecular complexity index is 589. The molecule has 0 radical (unpaired) electrons. The van der Waals surface area contributed by atoms with E-state index in [1.54, 1.807) is 11.3 Å². The van der Waals surface area contributed by atoms with E-state index in [-0.39, 0.29) is 6.61 Å². The van der Waals surface area contributed by atoms with E-state index < -0.39 is 0 Å². The third kappa shape index (κ3) is 2.17. The number of aliphatic hydroxyl groups excluding tert-OH is 1. The number of thiazole rings is 1. The van der Waals surface area contributed by atoms with Gasteiger partial charge >= 0.3 is 0 Å². The van der Waals surface area contributed by atoms with Crippen molar-refractivity contribution in [3.8, 4) is 0 Å². The van der Waals surface area contributed by atoms with Crippen molar-refractivity contribution in [3.63, 3.8) is 0 Å². The molecule has 3 rings (SSSR count). The average molecular weight is 289 g/mol. The van der Waals surface area contributed by atoms with Gasteiger partial charge in [0.25, 0.3) is 0 Å². The van der Waals surface area contributed by atoms with E-state index in [0.717, 1.165) is 35.2 Å². The maximum Gasteiger partial charge on any atom is 0.190 e. The Balaban J connectivity index is 2.03. The molecular weight excluding hydrogens is 270 g/mol. The number of likely N-dealkylation sites (N-methyl/N-ethyl adjacent to an activating group) is 1. The second-order valence-corrected chi connectivity index (χ2v) is 6.00. The van der Waals surface area contributed by atoms with E-state index in [2.05, 4.69) is 48.0 Å². The topological polar surface area (TPSA) is 39.6 Å². The number of rotatable bonds is 3. The predicted octanol–water partition coefficient (Wildman–Crippen LogP) is 2.79. The zero-order valence-corrected chi connectivity index (χ0v) is 12.7. The lowest BCUT2D eigenvalue weighted by atomic mass is 10.2. The van der Waals surface area contributed by atoms with Gasteiger partial charge in [-0.05, 0) is 18.6 Å². The van der Waals surface area contributed by atoms with Crippen LogP contribution in [0.2, 0.25) is 0 Å². The number of benzene rings is 1. The molecule has 0 aliphatic carbocycles. The van der Waals surface area contributed by atoms with Gasteiger partial charge in [-0.25, -0.2) is 4.98 Å². The molecule has 1 N–H and O–H groups in total. The summed E-state index contributed by atoms with van der Waals surface area (Å²) in [5.74, 6) is 0. The van der Waals surface area contributed by atoms with E-state index in [1.807, 2.05) is 0 Å². The number of hydrogen-bond donors (Lipinski definition) is 1. The van der Waals surface area contributed by atoms with Crippen molar-refractivity contribution in [2.24, 2.45) is 0 Å². The summed E-state index contributed by atoms with van der Waals surface area (Å²) in [6.07, 6.45) is 0.863. The summed E-state index contributed by atoms with van der Waals surface area (Å²) in [5, 5.41) is 10.4. The highest BCUT2D eigenvalue weighted by Gasteiger charge is 2.24. The first-order valence-electron chi connectivity index (χ1n) is 6.91. The summed E-state index contributed by atoms with van der Waals surface area (Å²) < 4.78 is 0. The first kappa shape index (κ1) is 13.4. The number of para-hydroxylation sites is 2. The quantitative estimate of drug-likeness (QED) is 0.943. The monoisotopic (exact) mass is 289 g/mol. The van der Waals surface area contributed by atoms with Crippen molar-refractivity contribution in [3.05, 3.63) is 34.8 Å². The molecule has 106 valence electrons. The highest BCUT2D eigenvalue weighted by atomic mass is 32.1. The van der Waals surface area contributed by atoms with Crippen molar-refractivity contribution < 1.29 is 5.11 Å². The predicted molar refractivity (Wildman–Crippen MR) is 84.1 cm³/mol. The molecule has 0 atom stereocenters. The smallest absolute Gasteiger partial charge is 0.190 e. The van der Waals surface area contributed by atoms with Gasteiger partial charge in [0, 0.05) is 20.1 Å². The van der Waals surface area contributed by atoms with Gasteiger partial charge in [0.15, 0.2) is 5.13 Å². The lowest BCUT2D eigenvalue weighted by molar-refractivity contribution is 0.284. The summed E-state index contributed by atoms with van der Waals surface area (Å²) in [6.45, 7) is 4.06. The van der Waals surface area contributed by atoms with Crippen molar-refractivity contribution in [1.82, 2.24) is 4.98 Å². The SMILES string of the molecule is CCc1nc(N2CCN(C)c3ccccc32)sc1CO. The van der Waals surface area contributed by atoms with E-state index >= 15 is 0 Å². The van der Waals surface area contributed by atoms with Crippen LogP contribution in [0.1, 0.15) is 17.5 Å². The number of fused-ring (bicyclic) bond motifs is 1. The lowest BCUT2D eigenvalue weighted by Gasteiger charge is -2.35. The maximum absolute atomic E-state index is 9.44. The second-order valence-electron chi connectivity index (χ2n) is 4.94. The second kappa shape index (κ2) is 5.42. The van der Waals surface area contributed by atoms with Gasteiger partial charge < -0.3 is 14.9 Å². The Kier molecular flexibility index (Phi) is 3.63. The fourth-order valence-electron chi connectivity index (χ4n) is 2.59. The van der Waals surface area contributed by atoms with Gasteiger partial charge in [0.05, 0.1) is 28.6 Å². The first-order chi connectivity index (χ1) is 9.74. The molecule has 1 aliphatic heterocycles. The Morgan fingerprint density at radius 3 is 2.65 bits per heavy atom.